The molecular formula is C18H25NO2. The van der Waals surface area contributed by atoms with Crippen LogP contribution in [-0.4, -0.2) is 35.6 Å². The van der Waals surface area contributed by atoms with Crippen molar-refractivity contribution in [1.82, 2.24) is 4.90 Å². The predicted octanol–water partition coefficient (Wildman–Crippen LogP) is 2.85. The molecule has 0 saturated heterocycles. The summed E-state index contributed by atoms with van der Waals surface area (Å²) in [6.07, 6.45) is 0.964. The zero-order valence-electron chi connectivity index (χ0n) is 13.6. The molecule has 114 valence electrons. The maximum atomic E-state index is 12.7. The average Bonchev–Trinajstić information content (AvgIpc) is 2.43. The fourth-order valence-corrected chi connectivity index (χ4v) is 2.31. The molecule has 1 aromatic carbocycles. The summed E-state index contributed by atoms with van der Waals surface area (Å²) in [5, 5.41) is 8.84. The van der Waals surface area contributed by atoms with Crippen LogP contribution in [0.2, 0.25) is 0 Å². The summed E-state index contributed by atoms with van der Waals surface area (Å²) in [4.78, 5) is 14.5. The maximum absolute atomic E-state index is 12.7. The molecule has 1 amide bonds. The second kappa shape index (κ2) is 7.85. The van der Waals surface area contributed by atoms with Crippen LogP contribution in [0.4, 0.5) is 0 Å². The van der Waals surface area contributed by atoms with E-state index in [1.165, 1.54) is 0 Å². The highest BCUT2D eigenvalue weighted by molar-refractivity contribution is 5.97. The van der Waals surface area contributed by atoms with Gasteiger partial charge in [0, 0.05) is 18.7 Å². The Balaban J connectivity index is 3.08. The van der Waals surface area contributed by atoms with Crippen molar-refractivity contribution in [3.63, 3.8) is 0 Å². The van der Waals surface area contributed by atoms with Crippen molar-refractivity contribution < 1.29 is 9.90 Å². The molecule has 0 radical (unpaired) electrons. The molecule has 0 saturated carbocycles. The highest BCUT2D eigenvalue weighted by Crippen LogP contribution is 2.17. The van der Waals surface area contributed by atoms with Crippen LogP contribution >= 0.6 is 0 Å². The maximum Gasteiger partial charge on any atom is 0.255 e. The second-order valence-electron chi connectivity index (χ2n) is 5.90. The van der Waals surface area contributed by atoms with E-state index in [2.05, 4.69) is 32.6 Å². The lowest BCUT2D eigenvalue weighted by Gasteiger charge is -2.27. The number of rotatable bonds is 4. The van der Waals surface area contributed by atoms with Crippen LogP contribution in [0.3, 0.4) is 0 Å². The van der Waals surface area contributed by atoms with Crippen LogP contribution < -0.4 is 0 Å². The van der Waals surface area contributed by atoms with E-state index in [1.807, 2.05) is 32.2 Å². The zero-order valence-corrected chi connectivity index (χ0v) is 13.6. The van der Waals surface area contributed by atoms with Crippen molar-refractivity contribution in [2.75, 3.05) is 13.7 Å². The SMILES string of the molecule is Cc1ccc(C#CCO)c(C(=O)N(C)C(C)CC(C)C)c1. The van der Waals surface area contributed by atoms with Crippen LogP contribution in [0, 0.1) is 24.7 Å². The summed E-state index contributed by atoms with van der Waals surface area (Å²) < 4.78 is 0. The first kappa shape index (κ1) is 17.3. The first-order chi connectivity index (χ1) is 9.86. The average molecular weight is 287 g/mol. The lowest BCUT2D eigenvalue weighted by atomic mass is 10.0. The van der Waals surface area contributed by atoms with E-state index >= 15 is 0 Å². The summed E-state index contributed by atoms with van der Waals surface area (Å²) in [6.45, 7) is 8.12. The minimum atomic E-state index is -0.207. The molecule has 0 aliphatic rings. The molecule has 0 aliphatic heterocycles. The summed E-state index contributed by atoms with van der Waals surface area (Å²) in [7, 11) is 1.83. The van der Waals surface area contributed by atoms with Gasteiger partial charge < -0.3 is 10.0 Å². The fraction of sp³-hybridized carbons (Fsp3) is 0.500. The Hall–Kier alpha value is -1.79. The van der Waals surface area contributed by atoms with Gasteiger partial charge in [0.2, 0.25) is 0 Å². The van der Waals surface area contributed by atoms with Gasteiger partial charge in [-0.3, -0.25) is 4.79 Å². The standard InChI is InChI=1S/C18H25NO2/c1-13(2)11-15(4)19(5)18(21)17-12-14(3)8-9-16(17)7-6-10-20/h8-9,12-13,15,20H,10-11H2,1-5H3. The van der Waals surface area contributed by atoms with Gasteiger partial charge in [0.25, 0.3) is 5.91 Å². The van der Waals surface area contributed by atoms with Crippen molar-refractivity contribution in [3.05, 3.63) is 34.9 Å². The third-order valence-corrected chi connectivity index (χ3v) is 3.50. The summed E-state index contributed by atoms with van der Waals surface area (Å²) in [5.74, 6) is 6.00. The normalized spacial score (nSPS) is 11.8. The fourth-order valence-electron chi connectivity index (χ4n) is 2.31. The topological polar surface area (TPSA) is 40.5 Å². The molecular weight excluding hydrogens is 262 g/mol. The molecule has 1 unspecified atom stereocenters. The number of benzene rings is 1. The van der Waals surface area contributed by atoms with Crippen molar-refractivity contribution in [2.24, 2.45) is 5.92 Å². The Bertz CT molecular complexity index is 552. The quantitative estimate of drug-likeness (QED) is 0.865. The van der Waals surface area contributed by atoms with E-state index in [4.69, 9.17) is 5.11 Å². The van der Waals surface area contributed by atoms with Crippen LogP contribution in [0.15, 0.2) is 18.2 Å². The van der Waals surface area contributed by atoms with Crippen LogP contribution in [0.25, 0.3) is 0 Å². The summed E-state index contributed by atoms with van der Waals surface area (Å²) in [5.41, 5.74) is 2.30. The van der Waals surface area contributed by atoms with E-state index in [0.29, 0.717) is 17.0 Å². The number of aliphatic hydroxyl groups excluding tert-OH is 1. The molecule has 0 fully saturated rings. The molecule has 21 heavy (non-hydrogen) atoms. The van der Waals surface area contributed by atoms with Crippen LogP contribution in [-0.2, 0) is 0 Å². The monoisotopic (exact) mass is 287 g/mol. The molecule has 1 atom stereocenters. The van der Waals surface area contributed by atoms with Gasteiger partial charge in [-0.05, 0) is 38.3 Å². The van der Waals surface area contributed by atoms with Gasteiger partial charge in [0.05, 0.1) is 5.56 Å². The minimum Gasteiger partial charge on any atom is -0.384 e. The molecule has 3 nitrogen and oxygen atoms in total. The Morgan fingerprint density at radius 1 is 1.33 bits per heavy atom. The van der Waals surface area contributed by atoms with Gasteiger partial charge in [-0.2, -0.15) is 0 Å². The number of nitrogens with zero attached hydrogens (tertiary/aromatic N) is 1. The predicted molar refractivity (Wildman–Crippen MR) is 86.2 cm³/mol. The Labute approximate surface area is 128 Å². The summed E-state index contributed by atoms with van der Waals surface area (Å²) in [6, 6.07) is 5.81. The van der Waals surface area contributed by atoms with Gasteiger partial charge >= 0.3 is 0 Å². The number of hydrogen-bond donors (Lipinski definition) is 1. The molecule has 0 aliphatic carbocycles. The lowest BCUT2D eigenvalue weighted by molar-refractivity contribution is 0.0728. The minimum absolute atomic E-state index is 0.0194. The van der Waals surface area contributed by atoms with Gasteiger partial charge in [-0.25, -0.2) is 0 Å². The van der Waals surface area contributed by atoms with E-state index in [-0.39, 0.29) is 18.6 Å². The van der Waals surface area contributed by atoms with E-state index in [1.54, 1.807) is 4.90 Å². The first-order valence-corrected chi connectivity index (χ1v) is 7.34. The van der Waals surface area contributed by atoms with Crippen molar-refractivity contribution in [2.45, 2.75) is 40.2 Å². The zero-order chi connectivity index (χ0) is 16.0. The number of amides is 1. The molecule has 1 N–H and O–H groups in total. The Kier molecular flexibility index (Phi) is 6.45. The van der Waals surface area contributed by atoms with Gasteiger partial charge in [0.15, 0.2) is 0 Å². The third kappa shape index (κ3) is 4.91. The largest absolute Gasteiger partial charge is 0.384 e. The molecule has 0 bridgehead atoms. The Morgan fingerprint density at radius 3 is 2.57 bits per heavy atom. The van der Waals surface area contributed by atoms with Gasteiger partial charge in [-0.1, -0.05) is 37.3 Å². The van der Waals surface area contributed by atoms with E-state index in [0.717, 1.165) is 12.0 Å². The lowest BCUT2D eigenvalue weighted by Crippen LogP contribution is -2.36. The third-order valence-electron chi connectivity index (χ3n) is 3.50. The van der Waals surface area contributed by atoms with E-state index in [9.17, 15) is 4.79 Å². The second-order valence-corrected chi connectivity index (χ2v) is 5.90. The van der Waals surface area contributed by atoms with Gasteiger partial charge in [0.1, 0.15) is 6.61 Å². The van der Waals surface area contributed by atoms with Crippen LogP contribution in [0.5, 0.6) is 0 Å². The first-order valence-electron chi connectivity index (χ1n) is 7.34. The van der Waals surface area contributed by atoms with Crippen molar-refractivity contribution >= 4 is 5.91 Å². The molecule has 0 spiro atoms. The molecule has 1 rings (SSSR count). The molecule has 3 heteroatoms. The highest BCUT2D eigenvalue weighted by atomic mass is 16.2. The number of aliphatic hydroxyl groups is 1. The van der Waals surface area contributed by atoms with Crippen LogP contribution in [0.1, 0.15) is 48.7 Å². The molecule has 1 aromatic rings. The molecule has 0 heterocycles. The number of carbonyl (C=O) groups excluding carboxylic acids is 1. The highest BCUT2D eigenvalue weighted by Gasteiger charge is 2.20. The summed E-state index contributed by atoms with van der Waals surface area (Å²) >= 11 is 0. The molecule has 0 aromatic heterocycles. The Morgan fingerprint density at radius 2 is 2.00 bits per heavy atom. The number of aryl methyl sites for hydroxylation is 1. The van der Waals surface area contributed by atoms with Crippen molar-refractivity contribution in [3.8, 4) is 11.8 Å². The number of carbonyl (C=O) groups is 1. The number of hydrogen-bond acceptors (Lipinski definition) is 2. The smallest absolute Gasteiger partial charge is 0.255 e. The van der Waals surface area contributed by atoms with Gasteiger partial charge in [-0.15, -0.1) is 0 Å². The van der Waals surface area contributed by atoms with Crippen molar-refractivity contribution in [1.29, 1.82) is 0 Å². The van der Waals surface area contributed by atoms with E-state index < -0.39 is 0 Å².